The van der Waals surface area contributed by atoms with Crippen LogP contribution in [-0.4, -0.2) is 16.7 Å². The number of anilines is 1. The summed E-state index contributed by atoms with van der Waals surface area (Å²) in [6.45, 7) is 1.98. The Morgan fingerprint density at radius 1 is 1.53 bits per heavy atom. The number of aromatic nitrogens is 1. The molecule has 0 saturated heterocycles. The largest absolute Gasteiger partial charge is 0.394 e. The summed E-state index contributed by atoms with van der Waals surface area (Å²) in [5.41, 5.74) is 1.95. The van der Waals surface area contributed by atoms with E-state index in [1.165, 1.54) is 0 Å². The van der Waals surface area contributed by atoms with Gasteiger partial charge in [0.25, 0.3) is 0 Å². The second-order valence-corrected chi connectivity index (χ2v) is 5.52. The third-order valence-electron chi connectivity index (χ3n) is 2.28. The zero-order chi connectivity index (χ0) is 12.3. The van der Waals surface area contributed by atoms with Gasteiger partial charge in [0.1, 0.15) is 11.0 Å². The van der Waals surface area contributed by atoms with E-state index in [0.717, 1.165) is 20.9 Å². The summed E-state index contributed by atoms with van der Waals surface area (Å²) in [4.78, 5) is 4.38. The van der Waals surface area contributed by atoms with Gasteiger partial charge in [0, 0.05) is 21.2 Å². The number of nitrogens with one attached hydrogen (secondary N) is 1. The molecular formula is C12H13BrN2OS. The molecule has 3 nitrogen and oxygen atoms in total. The monoisotopic (exact) mass is 312 g/mol. The highest BCUT2D eigenvalue weighted by Gasteiger charge is 2.13. The summed E-state index contributed by atoms with van der Waals surface area (Å²) in [6, 6.07) is 7.71. The number of benzene rings is 1. The van der Waals surface area contributed by atoms with Gasteiger partial charge in [-0.2, -0.15) is 0 Å². The van der Waals surface area contributed by atoms with Crippen molar-refractivity contribution in [1.82, 2.24) is 4.98 Å². The number of thiazole rings is 1. The standard InChI is InChI=1S/C12H13BrN2OS/c1-8-7-17-12(14-8)11(6-16)15-10-4-2-3-9(13)5-10/h2-5,7,11,15-16H,6H2,1H3. The zero-order valence-corrected chi connectivity index (χ0v) is 11.8. The highest BCUT2D eigenvalue weighted by molar-refractivity contribution is 9.10. The average molecular weight is 313 g/mol. The van der Waals surface area contributed by atoms with Crippen molar-refractivity contribution in [2.75, 3.05) is 11.9 Å². The van der Waals surface area contributed by atoms with Crippen molar-refractivity contribution < 1.29 is 5.11 Å². The Kier molecular flexibility index (Phi) is 4.15. The van der Waals surface area contributed by atoms with Crippen LogP contribution in [0.25, 0.3) is 0 Å². The molecule has 0 aliphatic rings. The highest BCUT2D eigenvalue weighted by Crippen LogP contribution is 2.24. The van der Waals surface area contributed by atoms with Gasteiger partial charge in [-0.1, -0.05) is 22.0 Å². The van der Waals surface area contributed by atoms with E-state index in [2.05, 4.69) is 26.2 Å². The zero-order valence-electron chi connectivity index (χ0n) is 9.35. The van der Waals surface area contributed by atoms with E-state index in [9.17, 15) is 5.11 Å². The lowest BCUT2D eigenvalue weighted by atomic mass is 10.2. The number of rotatable bonds is 4. The lowest BCUT2D eigenvalue weighted by Crippen LogP contribution is -2.14. The summed E-state index contributed by atoms with van der Waals surface area (Å²) in [5, 5.41) is 15.6. The first-order valence-electron chi connectivity index (χ1n) is 5.24. The van der Waals surface area contributed by atoms with Crippen LogP contribution in [-0.2, 0) is 0 Å². The highest BCUT2D eigenvalue weighted by atomic mass is 79.9. The third-order valence-corrected chi connectivity index (χ3v) is 3.85. The number of aliphatic hydroxyl groups is 1. The first-order valence-corrected chi connectivity index (χ1v) is 6.91. The molecule has 2 rings (SSSR count). The molecule has 1 aromatic carbocycles. The van der Waals surface area contributed by atoms with Crippen LogP contribution in [0.2, 0.25) is 0 Å². The number of nitrogens with zero attached hydrogens (tertiary/aromatic N) is 1. The van der Waals surface area contributed by atoms with E-state index in [-0.39, 0.29) is 12.6 Å². The maximum absolute atomic E-state index is 9.41. The summed E-state index contributed by atoms with van der Waals surface area (Å²) in [5.74, 6) is 0. The molecule has 2 N–H and O–H groups in total. The van der Waals surface area contributed by atoms with Gasteiger partial charge >= 0.3 is 0 Å². The normalized spacial score (nSPS) is 12.4. The maximum atomic E-state index is 9.41. The Morgan fingerprint density at radius 3 is 2.94 bits per heavy atom. The molecular weight excluding hydrogens is 300 g/mol. The molecule has 1 aromatic heterocycles. The summed E-state index contributed by atoms with van der Waals surface area (Å²) >= 11 is 4.98. The Hall–Kier alpha value is -0.910. The van der Waals surface area contributed by atoms with E-state index in [0.29, 0.717) is 0 Å². The fraction of sp³-hybridized carbons (Fsp3) is 0.250. The van der Waals surface area contributed by atoms with Crippen molar-refractivity contribution in [2.24, 2.45) is 0 Å². The molecule has 1 atom stereocenters. The Morgan fingerprint density at radius 2 is 2.35 bits per heavy atom. The second-order valence-electron chi connectivity index (χ2n) is 3.72. The lowest BCUT2D eigenvalue weighted by molar-refractivity contribution is 0.276. The van der Waals surface area contributed by atoms with Crippen LogP contribution in [0.15, 0.2) is 34.1 Å². The van der Waals surface area contributed by atoms with Crippen LogP contribution < -0.4 is 5.32 Å². The average Bonchev–Trinajstić information content (AvgIpc) is 2.73. The fourth-order valence-electron chi connectivity index (χ4n) is 1.50. The number of halogens is 1. The van der Waals surface area contributed by atoms with Crippen LogP contribution in [0.4, 0.5) is 5.69 Å². The van der Waals surface area contributed by atoms with Gasteiger partial charge < -0.3 is 10.4 Å². The predicted molar refractivity (Wildman–Crippen MR) is 74.4 cm³/mol. The fourth-order valence-corrected chi connectivity index (χ4v) is 2.73. The lowest BCUT2D eigenvalue weighted by Gasteiger charge is -2.15. The molecule has 1 heterocycles. The number of hydrogen-bond acceptors (Lipinski definition) is 4. The molecule has 0 radical (unpaired) electrons. The minimum Gasteiger partial charge on any atom is -0.394 e. The third kappa shape index (κ3) is 3.28. The van der Waals surface area contributed by atoms with Crippen molar-refractivity contribution >= 4 is 33.0 Å². The SMILES string of the molecule is Cc1csc(C(CO)Nc2cccc(Br)c2)n1. The van der Waals surface area contributed by atoms with E-state index < -0.39 is 0 Å². The quantitative estimate of drug-likeness (QED) is 0.910. The van der Waals surface area contributed by atoms with Gasteiger partial charge in [-0.25, -0.2) is 4.98 Å². The molecule has 0 bridgehead atoms. The molecule has 0 saturated carbocycles. The van der Waals surface area contributed by atoms with Crippen molar-refractivity contribution in [3.05, 3.63) is 44.8 Å². The Labute approximate surface area is 113 Å². The van der Waals surface area contributed by atoms with Crippen molar-refractivity contribution in [1.29, 1.82) is 0 Å². The van der Waals surface area contributed by atoms with Crippen LogP contribution in [0.1, 0.15) is 16.7 Å². The van der Waals surface area contributed by atoms with Crippen molar-refractivity contribution in [3.63, 3.8) is 0 Å². The van der Waals surface area contributed by atoms with Crippen LogP contribution >= 0.6 is 27.3 Å². The molecule has 0 amide bonds. The van der Waals surface area contributed by atoms with E-state index >= 15 is 0 Å². The molecule has 5 heteroatoms. The number of hydrogen-bond donors (Lipinski definition) is 2. The smallest absolute Gasteiger partial charge is 0.118 e. The molecule has 0 spiro atoms. The van der Waals surface area contributed by atoms with Gasteiger partial charge in [0.05, 0.1) is 6.61 Å². The van der Waals surface area contributed by atoms with Crippen molar-refractivity contribution in [3.8, 4) is 0 Å². The van der Waals surface area contributed by atoms with Gasteiger partial charge in [0.15, 0.2) is 0 Å². The maximum Gasteiger partial charge on any atom is 0.118 e. The van der Waals surface area contributed by atoms with Crippen LogP contribution in [0, 0.1) is 6.92 Å². The van der Waals surface area contributed by atoms with Crippen LogP contribution in [0.3, 0.4) is 0 Å². The molecule has 17 heavy (non-hydrogen) atoms. The summed E-state index contributed by atoms with van der Waals surface area (Å²) < 4.78 is 1.01. The van der Waals surface area contributed by atoms with Gasteiger partial charge in [-0.05, 0) is 25.1 Å². The molecule has 90 valence electrons. The Balaban J connectivity index is 2.15. The van der Waals surface area contributed by atoms with Crippen LogP contribution in [0.5, 0.6) is 0 Å². The molecule has 1 unspecified atom stereocenters. The van der Waals surface area contributed by atoms with E-state index in [4.69, 9.17) is 0 Å². The topological polar surface area (TPSA) is 45.1 Å². The predicted octanol–water partition coefficient (Wildman–Crippen LogP) is 3.36. The first kappa shape index (κ1) is 12.5. The first-order chi connectivity index (χ1) is 8.19. The Bertz CT molecular complexity index is 501. The van der Waals surface area contributed by atoms with E-state index in [1.807, 2.05) is 36.6 Å². The molecule has 0 fully saturated rings. The number of aliphatic hydroxyl groups excluding tert-OH is 1. The molecule has 0 aliphatic heterocycles. The minimum atomic E-state index is -0.150. The summed E-state index contributed by atoms with van der Waals surface area (Å²) in [7, 11) is 0. The van der Waals surface area contributed by atoms with Gasteiger partial charge in [-0.3, -0.25) is 0 Å². The second kappa shape index (κ2) is 5.62. The number of aryl methyl sites for hydroxylation is 1. The van der Waals surface area contributed by atoms with Crippen molar-refractivity contribution in [2.45, 2.75) is 13.0 Å². The molecule has 2 aromatic rings. The summed E-state index contributed by atoms with van der Waals surface area (Å²) in [6.07, 6.45) is 0. The van der Waals surface area contributed by atoms with E-state index in [1.54, 1.807) is 11.3 Å². The minimum absolute atomic E-state index is 0.0272. The van der Waals surface area contributed by atoms with Gasteiger partial charge in [-0.15, -0.1) is 11.3 Å². The molecule has 0 aliphatic carbocycles. The van der Waals surface area contributed by atoms with Gasteiger partial charge in [0.2, 0.25) is 0 Å².